The van der Waals surface area contributed by atoms with Crippen LogP contribution in [0.1, 0.15) is 23.9 Å². The van der Waals surface area contributed by atoms with Crippen LogP contribution in [0.25, 0.3) is 11.0 Å². The molecule has 166 valence electrons. The third-order valence-electron chi connectivity index (χ3n) is 5.36. The number of sulfonamides is 1. The maximum atomic E-state index is 13.1. The SMILES string of the molecule is CCN(CCN(C)C)S(=O)(=O)c1ccc2c(c1)nc(Cc1ccc(C(=N)N)cc1)n2C. The van der Waals surface area contributed by atoms with E-state index in [0.717, 1.165) is 16.9 Å². The van der Waals surface area contributed by atoms with E-state index in [1.54, 1.807) is 12.1 Å². The number of nitrogens with two attached hydrogens (primary N) is 1. The van der Waals surface area contributed by atoms with E-state index < -0.39 is 10.0 Å². The zero-order chi connectivity index (χ0) is 22.8. The van der Waals surface area contributed by atoms with Crippen LogP contribution in [0.3, 0.4) is 0 Å². The van der Waals surface area contributed by atoms with Gasteiger partial charge in [-0.1, -0.05) is 31.2 Å². The predicted molar refractivity (Wildman–Crippen MR) is 124 cm³/mol. The number of hydrogen-bond acceptors (Lipinski definition) is 5. The van der Waals surface area contributed by atoms with E-state index in [-0.39, 0.29) is 10.7 Å². The van der Waals surface area contributed by atoms with Crippen molar-refractivity contribution in [1.29, 1.82) is 5.41 Å². The first-order valence-electron chi connectivity index (χ1n) is 10.2. The van der Waals surface area contributed by atoms with Gasteiger partial charge in [-0.25, -0.2) is 13.4 Å². The van der Waals surface area contributed by atoms with Gasteiger partial charge in [0, 0.05) is 38.7 Å². The fourth-order valence-corrected chi connectivity index (χ4v) is 4.90. The molecule has 0 unspecified atom stereocenters. The molecule has 3 N–H and O–H groups in total. The molecule has 0 atom stereocenters. The Morgan fingerprint density at radius 3 is 2.39 bits per heavy atom. The molecule has 1 heterocycles. The molecule has 0 amide bonds. The highest BCUT2D eigenvalue weighted by Crippen LogP contribution is 2.23. The summed E-state index contributed by atoms with van der Waals surface area (Å²) in [5.41, 5.74) is 8.77. The number of nitrogens with zero attached hydrogens (tertiary/aromatic N) is 4. The lowest BCUT2D eigenvalue weighted by atomic mass is 10.1. The molecule has 3 aromatic rings. The molecule has 1 aromatic heterocycles. The minimum absolute atomic E-state index is 0.0368. The summed E-state index contributed by atoms with van der Waals surface area (Å²) in [6, 6.07) is 12.6. The Labute approximate surface area is 183 Å². The van der Waals surface area contributed by atoms with Crippen LogP contribution in [-0.4, -0.2) is 66.7 Å². The number of likely N-dealkylation sites (N-methyl/N-ethyl adjacent to an activating group) is 2. The Balaban J connectivity index is 1.90. The van der Waals surface area contributed by atoms with Gasteiger partial charge >= 0.3 is 0 Å². The molecule has 0 saturated carbocycles. The Kier molecular flexibility index (Phi) is 6.78. The van der Waals surface area contributed by atoms with Crippen molar-refractivity contribution >= 4 is 26.9 Å². The van der Waals surface area contributed by atoms with Gasteiger partial charge in [0.2, 0.25) is 10.0 Å². The van der Waals surface area contributed by atoms with Crippen molar-refractivity contribution in [3.05, 3.63) is 59.4 Å². The Hall–Kier alpha value is -2.75. The van der Waals surface area contributed by atoms with Crippen LogP contribution in [0.15, 0.2) is 47.4 Å². The molecule has 31 heavy (non-hydrogen) atoms. The number of aryl methyl sites for hydroxylation is 1. The predicted octanol–water partition coefficient (Wildman–Crippen LogP) is 2.02. The summed E-state index contributed by atoms with van der Waals surface area (Å²) in [5, 5.41) is 7.50. The van der Waals surface area contributed by atoms with Gasteiger partial charge < -0.3 is 15.2 Å². The highest BCUT2D eigenvalue weighted by molar-refractivity contribution is 7.89. The van der Waals surface area contributed by atoms with Gasteiger partial charge in [0.05, 0.1) is 15.9 Å². The lowest BCUT2D eigenvalue weighted by Crippen LogP contribution is -2.36. The largest absolute Gasteiger partial charge is 0.384 e. The van der Waals surface area contributed by atoms with E-state index in [9.17, 15) is 8.42 Å². The highest BCUT2D eigenvalue weighted by atomic mass is 32.2. The first kappa shape index (κ1) is 22.9. The number of nitrogen functional groups attached to an aromatic ring is 1. The van der Waals surface area contributed by atoms with E-state index in [2.05, 4.69) is 0 Å². The quantitative estimate of drug-likeness (QED) is 0.389. The number of imidazole rings is 1. The van der Waals surface area contributed by atoms with Crippen LogP contribution in [0, 0.1) is 5.41 Å². The van der Waals surface area contributed by atoms with Gasteiger partial charge in [-0.3, -0.25) is 5.41 Å². The molecule has 0 fully saturated rings. The first-order chi connectivity index (χ1) is 14.6. The zero-order valence-electron chi connectivity index (χ0n) is 18.5. The lowest BCUT2D eigenvalue weighted by molar-refractivity contribution is 0.340. The summed E-state index contributed by atoms with van der Waals surface area (Å²) in [6.07, 6.45) is 0.593. The summed E-state index contributed by atoms with van der Waals surface area (Å²) < 4.78 is 29.7. The fourth-order valence-electron chi connectivity index (χ4n) is 3.44. The topological polar surface area (TPSA) is 108 Å². The van der Waals surface area contributed by atoms with Crippen molar-refractivity contribution in [2.75, 3.05) is 33.7 Å². The van der Waals surface area contributed by atoms with Gasteiger partial charge in [0.15, 0.2) is 0 Å². The van der Waals surface area contributed by atoms with Gasteiger partial charge in [-0.15, -0.1) is 0 Å². The highest BCUT2D eigenvalue weighted by Gasteiger charge is 2.24. The second-order valence-electron chi connectivity index (χ2n) is 7.82. The van der Waals surface area contributed by atoms with E-state index >= 15 is 0 Å². The van der Waals surface area contributed by atoms with E-state index in [1.807, 2.05) is 67.9 Å². The second-order valence-corrected chi connectivity index (χ2v) is 9.76. The molecule has 0 aliphatic carbocycles. The smallest absolute Gasteiger partial charge is 0.243 e. The number of fused-ring (bicyclic) bond motifs is 1. The van der Waals surface area contributed by atoms with Crippen LogP contribution in [-0.2, 0) is 23.5 Å². The third-order valence-corrected chi connectivity index (χ3v) is 7.33. The summed E-state index contributed by atoms with van der Waals surface area (Å²) in [5.74, 6) is 0.870. The van der Waals surface area contributed by atoms with Gasteiger partial charge in [-0.05, 0) is 37.9 Å². The van der Waals surface area contributed by atoms with Crippen molar-refractivity contribution in [3.8, 4) is 0 Å². The number of amidine groups is 1. The molecule has 0 aliphatic rings. The molecular formula is C22H30N6O2S. The number of nitrogens with one attached hydrogen (secondary N) is 1. The molecule has 8 nitrogen and oxygen atoms in total. The standard InChI is InChI=1S/C22H30N6O2S/c1-5-28(13-12-26(2)3)31(29,30)18-10-11-20-19(15-18)25-21(27(20)4)14-16-6-8-17(9-7-16)22(23)24/h6-11,15H,5,12-14H2,1-4H3,(H3,23,24). The molecule has 2 aromatic carbocycles. The molecule has 0 bridgehead atoms. The molecule has 0 saturated heterocycles. The molecule has 9 heteroatoms. The fraction of sp³-hybridized carbons (Fsp3) is 0.364. The molecule has 0 spiro atoms. The zero-order valence-corrected chi connectivity index (χ0v) is 19.3. The maximum absolute atomic E-state index is 13.1. The second kappa shape index (κ2) is 9.17. The van der Waals surface area contributed by atoms with E-state index in [0.29, 0.717) is 37.1 Å². The minimum atomic E-state index is -3.59. The van der Waals surface area contributed by atoms with Crippen molar-refractivity contribution in [1.82, 2.24) is 18.8 Å². The average molecular weight is 443 g/mol. The Bertz CT molecular complexity index is 1180. The van der Waals surface area contributed by atoms with Crippen molar-refractivity contribution < 1.29 is 8.42 Å². The third kappa shape index (κ3) is 4.95. The number of benzene rings is 2. The Morgan fingerprint density at radius 2 is 1.81 bits per heavy atom. The molecule has 0 radical (unpaired) electrons. The van der Waals surface area contributed by atoms with Crippen molar-refractivity contribution in [2.45, 2.75) is 18.2 Å². The number of rotatable bonds is 9. The molecule has 0 aliphatic heterocycles. The lowest BCUT2D eigenvalue weighted by Gasteiger charge is -2.22. The summed E-state index contributed by atoms with van der Waals surface area (Å²) in [4.78, 5) is 6.93. The first-order valence-corrected chi connectivity index (χ1v) is 11.6. The summed E-state index contributed by atoms with van der Waals surface area (Å²) >= 11 is 0. The normalized spacial score (nSPS) is 12.2. The van der Waals surface area contributed by atoms with Gasteiger partial charge in [0.25, 0.3) is 0 Å². The van der Waals surface area contributed by atoms with Gasteiger partial charge in [-0.2, -0.15) is 4.31 Å². The van der Waals surface area contributed by atoms with Crippen LogP contribution in [0.5, 0.6) is 0 Å². The summed E-state index contributed by atoms with van der Waals surface area (Å²) in [6.45, 7) is 3.36. The maximum Gasteiger partial charge on any atom is 0.243 e. The van der Waals surface area contributed by atoms with E-state index in [1.165, 1.54) is 4.31 Å². The van der Waals surface area contributed by atoms with Gasteiger partial charge in [0.1, 0.15) is 11.7 Å². The van der Waals surface area contributed by atoms with E-state index in [4.69, 9.17) is 16.1 Å². The minimum Gasteiger partial charge on any atom is -0.384 e. The van der Waals surface area contributed by atoms with Crippen LogP contribution < -0.4 is 5.73 Å². The van der Waals surface area contributed by atoms with Crippen LogP contribution in [0.4, 0.5) is 0 Å². The Morgan fingerprint density at radius 1 is 1.13 bits per heavy atom. The van der Waals surface area contributed by atoms with Crippen molar-refractivity contribution in [2.24, 2.45) is 12.8 Å². The number of aromatic nitrogens is 2. The van der Waals surface area contributed by atoms with Crippen LogP contribution in [0.2, 0.25) is 0 Å². The molecule has 3 rings (SSSR count). The monoisotopic (exact) mass is 442 g/mol. The number of hydrogen-bond donors (Lipinski definition) is 2. The summed E-state index contributed by atoms with van der Waals surface area (Å²) in [7, 11) is 2.19. The average Bonchev–Trinajstić information content (AvgIpc) is 3.03. The van der Waals surface area contributed by atoms with Crippen molar-refractivity contribution in [3.63, 3.8) is 0 Å². The van der Waals surface area contributed by atoms with Crippen LogP contribution >= 0.6 is 0 Å². The molecular weight excluding hydrogens is 412 g/mol.